The number of nitrogens with one attached hydrogen (secondary N) is 1. The van der Waals surface area contributed by atoms with Gasteiger partial charge in [-0.15, -0.1) is 0 Å². The van der Waals surface area contributed by atoms with Crippen LogP contribution in [0.1, 0.15) is 33.6 Å². The molecule has 0 aliphatic heterocycles. The summed E-state index contributed by atoms with van der Waals surface area (Å²) in [4.78, 5) is 22.3. The molecule has 0 radical (unpaired) electrons. The lowest BCUT2D eigenvalue weighted by Crippen LogP contribution is -2.34. The Morgan fingerprint density at radius 3 is 2.47 bits per heavy atom. The predicted octanol–water partition coefficient (Wildman–Crippen LogP) is 1.28. The van der Waals surface area contributed by atoms with Gasteiger partial charge in [-0.25, -0.2) is 0 Å². The highest BCUT2D eigenvalue weighted by molar-refractivity contribution is 5.77. The maximum Gasteiger partial charge on any atom is 0.308 e. The number of hydrogen-bond donors (Lipinski definition) is 2. The van der Waals surface area contributed by atoms with Crippen LogP contribution in [0.25, 0.3) is 0 Å². The molecule has 2 N–H and O–H groups in total. The van der Waals surface area contributed by atoms with Crippen molar-refractivity contribution in [3.05, 3.63) is 0 Å². The molecule has 5 nitrogen and oxygen atoms in total. The van der Waals surface area contributed by atoms with E-state index in [9.17, 15) is 9.59 Å². The summed E-state index contributed by atoms with van der Waals surface area (Å²) in [5, 5.41) is 11.6. The minimum atomic E-state index is -0.858. The second-order valence-corrected chi connectivity index (χ2v) is 4.42. The van der Waals surface area contributed by atoms with Crippen molar-refractivity contribution in [2.45, 2.75) is 33.6 Å². The summed E-state index contributed by atoms with van der Waals surface area (Å²) in [7, 11) is 0. The SMILES string of the molecule is CCOCCC(=O)NCC(CC(C)C)C(=O)O. The van der Waals surface area contributed by atoms with E-state index in [0.717, 1.165) is 0 Å². The summed E-state index contributed by atoms with van der Waals surface area (Å²) in [6.07, 6.45) is 0.850. The highest BCUT2D eigenvalue weighted by Gasteiger charge is 2.19. The molecule has 0 heterocycles. The van der Waals surface area contributed by atoms with Gasteiger partial charge >= 0.3 is 5.97 Å². The molecule has 0 aromatic heterocycles. The van der Waals surface area contributed by atoms with E-state index < -0.39 is 11.9 Å². The number of hydrogen-bond acceptors (Lipinski definition) is 3. The van der Waals surface area contributed by atoms with Crippen molar-refractivity contribution in [3.8, 4) is 0 Å². The van der Waals surface area contributed by atoms with Gasteiger partial charge in [0.05, 0.1) is 12.5 Å². The van der Waals surface area contributed by atoms with Crippen LogP contribution in [0.5, 0.6) is 0 Å². The van der Waals surface area contributed by atoms with Gasteiger partial charge < -0.3 is 15.2 Å². The molecule has 0 aliphatic carbocycles. The second kappa shape index (κ2) is 8.98. The van der Waals surface area contributed by atoms with Gasteiger partial charge in [-0.1, -0.05) is 13.8 Å². The first-order valence-electron chi connectivity index (χ1n) is 6.04. The Kier molecular flexibility index (Phi) is 8.40. The van der Waals surface area contributed by atoms with E-state index >= 15 is 0 Å². The minimum absolute atomic E-state index is 0.159. The van der Waals surface area contributed by atoms with Crippen molar-refractivity contribution in [1.29, 1.82) is 0 Å². The zero-order valence-corrected chi connectivity index (χ0v) is 10.9. The van der Waals surface area contributed by atoms with Gasteiger partial charge in [-0.05, 0) is 19.3 Å². The number of rotatable bonds is 9. The van der Waals surface area contributed by atoms with Crippen molar-refractivity contribution in [3.63, 3.8) is 0 Å². The van der Waals surface area contributed by atoms with E-state index in [1.807, 2.05) is 20.8 Å². The summed E-state index contributed by atoms with van der Waals surface area (Å²) in [5.41, 5.74) is 0. The standard InChI is InChI=1S/C12H23NO4/c1-4-17-6-5-11(14)13-8-10(12(15)16)7-9(2)3/h9-10H,4-8H2,1-3H3,(H,13,14)(H,15,16). The van der Waals surface area contributed by atoms with Gasteiger partial charge in [-0.2, -0.15) is 0 Å². The molecule has 17 heavy (non-hydrogen) atoms. The van der Waals surface area contributed by atoms with Crippen LogP contribution in [0.2, 0.25) is 0 Å². The van der Waals surface area contributed by atoms with Crippen LogP contribution >= 0.6 is 0 Å². The van der Waals surface area contributed by atoms with Crippen LogP contribution in [-0.2, 0) is 14.3 Å². The van der Waals surface area contributed by atoms with Crippen LogP contribution in [0, 0.1) is 11.8 Å². The van der Waals surface area contributed by atoms with Crippen LogP contribution in [0.15, 0.2) is 0 Å². The Hall–Kier alpha value is -1.10. The number of aliphatic carboxylic acids is 1. The fraction of sp³-hybridized carbons (Fsp3) is 0.833. The first-order valence-corrected chi connectivity index (χ1v) is 6.04. The monoisotopic (exact) mass is 245 g/mol. The highest BCUT2D eigenvalue weighted by atomic mass is 16.5. The molecule has 1 atom stereocenters. The Bertz CT molecular complexity index is 241. The lowest BCUT2D eigenvalue weighted by atomic mass is 9.97. The lowest BCUT2D eigenvalue weighted by Gasteiger charge is -2.15. The number of carboxylic acid groups (broad SMARTS) is 1. The van der Waals surface area contributed by atoms with Crippen molar-refractivity contribution in [2.24, 2.45) is 11.8 Å². The first-order chi connectivity index (χ1) is 7.97. The fourth-order valence-electron chi connectivity index (χ4n) is 1.48. The molecule has 0 aromatic rings. The summed E-state index contributed by atoms with van der Waals surface area (Å²) in [6.45, 7) is 6.95. The fourth-order valence-corrected chi connectivity index (χ4v) is 1.48. The smallest absolute Gasteiger partial charge is 0.308 e. The molecule has 0 bridgehead atoms. The molecular formula is C12H23NO4. The number of carbonyl (C=O) groups is 2. The minimum Gasteiger partial charge on any atom is -0.481 e. The predicted molar refractivity (Wildman–Crippen MR) is 64.7 cm³/mol. The molecule has 0 spiro atoms. The van der Waals surface area contributed by atoms with E-state index in [0.29, 0.717) is 25.6 Å². The van der Waals surface area contributed by atoms with Gasteiger partial charge in [0.25, 0.3) is 0 Å². The number of amides is 1. The highest BCUT2D eigenvalue weighted by Crippen LogP contribution is 2.11. The molecule has 1 amide bonds. The largest absolute Gasteiger partial charge is 0.481 e. The molecule has 100 valence electrons. The average molecular weight is 245 g/mol. The molecular weight excluding hydrogens is 222 g/mol. The summed E-state index contributed by atoms with van der Waals surface area (Å²) < 4.78 is 5.05. The summed E-state index contributed by atoms with van der Waals surface area (Å²) in [6, 6.07) is 0. The zero-order valence-electron chi connectivity index (χ0n) is 10.9. The van der Waals surface area contributed by atoms with Gasteiger partial charge in [-0.3, -0.25) is 9.59 Å². The third-order valence-corrected chi connectivity index (χ3v) is 2.33. The first kappa shape index (κ1) is 15.9. The average Bonchev–Trinajstić information content (AvgIpc) is 2.23. The molecule has 0 rings (SSSR count). The number of ether oxygens (including phenoxy) is 1. The zero-order chi connectivity index (χ0) is 13.3. The van der Waals surface area contributed by atoms with E-state index in [4.69, 9.17) is 9.84 Å². The topological polar surface area (TPSA) is 75.6 Å². The van der Waals surface area contributed by atoms with Gasteiger partial charge in [0.15, 0.2) is 0 Å². The summed E-state index contributed by atoms with van der Waals surface area (Å²) in [5.74, 6) is -1.22. The molecule has 1 unspecified atom stereocenters. The number of carbonyl (C=O) groups excluding carboxylic acids is 1. The Morgan fingerprint density at radius 1 is 1.35 bits per heavy atom. The maximum atomic E-state index is 11.3. The van der Waals surface area contributed by atoms with Crippen LogP contribution in [0.3, 0.4) is 0 Å². The van der Waals surface area contributed by atoms with Gasteiger partial charge in [0, 0.05) is 19.6 Å². The molecule has 5 heteroatoms. The number of carboxylic acids is 1. The van der Waals surface area contributed by atoms with Crippen LogP contribution < -0.4 is 5.32 Å². The van der Waals surface area contributed by atoms with Crippen LogP contribution in [-0.4, -0.2) is 36.7 Å². The molecule has 0 saturated heterocycles. The van der Waals surface area contributed by atoms with Gasteiger partial charge in [0.2, 0.25) is 5.91 Å². The molecule has 0 aliphatic rings. The molecule has 0 aromatic carbocycles. The van der Waals surface area contributed by atoms with Crippen LogP contribution in [0.4, 0.5) is 0 Å². The van der Waals surface area contributed by atoms with Crippen molar-refractivity contribution in [1.82, 2.24) is 5.32 Å². The quantitative estimate of drug-likeness (QED) is 0.600. The third kappa shape index (κ3) is 8.68. The normalized spacial score (nSPS) is 12.5. The van der Waals surface area contributed by atoms with E-state index in [-0.39, 0.29) is 18.9 Å². The molecule has 0 fully saturated rings. The van der Waals surface area contributed by atoms with E-state index in [1.165, 1.54) is 0 Å². The Balaban J connectivity index is 3.87. The van der Waals surface area contributed by atoms with Crippen molar-refractivity contribution in [2.75, 3.05) is 19.8 Å². The van der Waals surface area contributed by atoms with Crippen molar-refractivity contribution >= 4 is 11.9 Å². The Morgan fingerprint density at radius 2 is 2.00 bits per heavy atom. The van der Waals surface area contributed by atoms with E-state index in [1.54, 1.807) is 0 Å². The molecule has 0 saturated carbocycles. The maximum absolute atomic E-state index is 11.3. The second-order valence-electron chi connectivity index (χ2n) is 4.42. The Labute approximate surface area is 103 Å². The van der Waals surface area contributed by atoms with E-state index in [2.05, 4.69) is 5.32 Å². The summed E-state index contributed by atoms with van der Waals surface area (Å²) >= 11 is 0. The lowest BCUT2D eigenvalue weighted by molar-refractivity contribution is -0.142. The van der Waals surface area contributed by atoms with Gasteiger partial charge in [0.1, 0.15) is 0 Å². The van der Waals surface area contributed by atoms with Crippen molar-refractivity contribution < 1.29 is 19.4 Å². The third-order valence-electron chi connectivity index (χ3n) is 2.33.